The molecule has 0 aromatic heterocycles. The first kappa shape index (κ1) is 15.9. The van der Waals surface area contributed by atoms with Gasteiger partial charge >= 0.3 is 5.97 Å². The Bertz CT molecular complexity index is 254. The zero-order chi connectivity index (χ0) is 13.4. The van der Waals surface area contributed by atoms with Crippen molar-refractivity contribution >= 4 is 11.9 Å². The van der Waals surface area contributed by atoms with Crippen LogP contribution in [0, 0.1) is 5.92 Å². The molecule has 0 bridgehead atoms. The number of amides is 1. The molecule has 100 valence electrons. The first-order chi connectivity index (χ1) is 7.88. The van der Waals surface area contributed by atoms with Crippen molar-refractivity contribution in [2.75, 3.05) is 6.54 Å². The van der Waals surface area contributed by atoms with Crippen molar-refractivity contribution in [3.05, 3.63) is 0 Å². The van der Waals surface area contributed by atoms with Crippen molar-refractivity contribution in [1.82, 2.24) is 10.6 Å². The number of carboxylic acid groups (broad SMARTS) is 1. The van der Waals surface area contributed by atoms with E-state index in [1.165, 1.54) is 0 Å². The highest BCUT2D eigenvalue weighted by atomic mass is 16.4. The summed E-state index contributed by atoms with van der Waals surface area (Å²) in [6.07, 6.45) is 1.31. The molecule has 0 aromatic carbocycles. The molecule has 0 fully saturated rings. The summed E-state index contributed by atoms with van der Waals surface area (Å²) in [6, 6.07) is -0.738. The molecule has 1 unspecified atom stereocenters. The summed E-state index contributed by atoms with van der Waals surface area (Å²) >= 11 is 0. The number of carboxylic acids is 1. The summed E-state index contributed by atoms with van der Waals surface area (Å²) < 4.78 is 0. The number of carbonyl (C=O) groups is 2. The smallest absolute Gasteiger partial charge is 0.326 e. The fourth-order valence-corrected chi connectivity index (χ4v) is 1.49. The summed E-state index contributed by atoms with van der Waals surface area (Å²) in [5.41, 5.74) is 0. The Hall–Kier alpha value is -1.10. The van der Waals surface area contributed by atoms with Crippen LogP contribution in [0.15, 0.2) is 0 Å². The summed E-state index contributed by atoms with van der Waals surface area (Å²) in [5, 5.41) is 14.7. The maximum atomic E-state index is 11.6. The van der Waals surface area contributed by atoms with Gasteiger partial charge in [-0.05, 0) is 25.8 Å². The van der Waals surface area contributed by atoms with Gasteiger partial charge < -0.3 is 15.7 Å². The second-order valence-electron chi connectivity index (χ2n) is 4.69. The van der Waals surface area contributed by atoms with Crippen LogP contribution in [0.4, 0.5) is 0 Å². The van der Waals surface area contributed by atoms with Gasteiger partial charge in [-0.1, -0.05) is 20.8 Å². The van der Waals surface area contributed by atoms with E-state index in [1.807, 2.05) is 6.92 Å². The Labute approximate surface area is 103 Å². The van der Waals surface area contributed by atoms with Crippen molar-refractivity contribution < 1.29 is 14.7 Å². The van der Waals surface area contributed by atoms with E-state index in [2.05, 4.69) is 17.6 Å². The molecule has 2 atom stereocenters. The number of aliphatic carboxylic acids is 1. The van der Waals surface area contributed by atoms with E-state index < -0.39 is 12.0 Å². The van der Waals surface area contributed by atoms with Crippen LogP contribution in [-0.4, -0.2) is 35.6 Å². The van der Waals surface area contributed by atoms with Crippen LogP contribution in [0.1, 0.15) is 40.5 Å². The fourth-order valence-electron chi connectivity index (χ4n) is 1.49. The van der Waals surface area contributed by atoms with E-state index in [4.69, 9.17) is 5.11 Å². The molecular formula is C12H24N2O3. The average Bonchev–Trinajstić information content (AvgIpc) is 2.22. The van der Waals surface area contributed by atoms with Gasteiger partial charge in [-0.25, -0.2) is 4.79 Å². The molecule has 0 saturated carbocycles. The van der Waals surface area contributed by atoms with E-state index >= 15 is 0 Å². The Morgan fingerprint density at radius 3 is 2.24 bits per heavy atom. The molecule has 0 aromatic rings. The molecule has 0 radical (unpaired) electrons. The van der Waals surface area contributed by atoms with Gasteiger partial charge in [-0.15, -0.1) is 0 Å². The number of carbonyl (C=O) groups excluding carboxylic acids is 1. The minimum atomic E-state index is -0.984. The second kappa shape index (κ2) is 8.06. The average molecular weight is 244 g/mol. The van der Waals surface area contributed by atoms with Crippen molar-refractivity contribution in [2.24, 2.45) is 5.92 Å². The van der Waals surface area contributed by atoms with E-state index in [-0.39, 0.29) is 17.9 Å². The van der Waals surface area contributed by atoms with E-state index in [1.54, 1.807) is 13.8 Å². The molecule has 3 N–H and O–H groups in total. The summed E-state index contributed by atoms with van der Waals surface area (Å²) in [4.78, 5) is 22.5. The van der Waals surface area contributed by atoms with Gasteiger partial charge in [0.15, 0.2) is 0 Å². The SMILES string of the molecule is CCCNC(C)CC(=O)N[C@H](C(=O)O)C(C)C. The van der Waals surface area contributed by atoms with Gasteiger partial charge in [-0.2, -0.15) is 0 Å². The predicted molar refractivity (Wildman–Crippen MR) is 66.8 cm³/mol. The second-order valence-corrected chi connectivity index (χ2v) is 4.69. The Kier molecular flexibility index (Phi) is 7.54. The topological polar surface area (TPSA) is 78.4 Å². The van der Waals surface area contributed by atoms with Crippen LogP contribution < -0.4 is 10.6 Å². The third-order valence-corrected chi connectivity index (χ3v) is 2.48. The van der Waals surface area contributed by atoms with Crippen molar-refractivity contribution in [2.45, 2.75) is 52.6 Å². The summed E-state index contributed by atoms with van der Waals surface area (Å²) in [7, 11) is 0. The predicted octanol–water partition coefficient (Wildman–Crippen LogP) is 0.990. The maximum Gasteiger partial charge on any atom is 0.326 e. The molecule has 5 heteroatoms. The molecule has 0 aliphatic heterocycles. The largest absolute Gasteiger partial charge is 0.480 e. The van der Waals surface area contributed by atoms with Gasteiger partial charge in [0.1, 0.15) is 6.04 Å². The van der Waals surface area contributed by atoms with Crippen LogP contribution in [-0.2, 0) is 9.59 Å². The molecule has 0 saturated heterocycles. The number of nitrogens with one attached hydrogen (secondary N) is 2. The zero-order valence-electron chi connectivity index (χ0n) is 11.1. The van der Waals surface area contributed by atoms with Crippen molar-refractivity contribution in [3.8, 4) is 0 Å². The van der Waals surface area contributed by atoms with Crippen LogP contribution in [0.3, 0.4) is 0 Å². The standard InChI is InChI=1S/C12H24N2O3/c1-5-6-13-9(4)7-10(15)14-11(8(2)3)12(16)17/h8-9,11,13H,5-7H2,1-4H3,(H,14,15)(H,16,17)/t9?,11-/m0/s1. The first-order valence-electron chi connectivity index (χ1n) is 6.14. The zero-order valence-corrected chi connectivity index (χ0v) is 11.1. The highest BCUT2D eigenvalue weighted by Crippen LogP contribution is 2.02. The highest BCUT2D eigenvalue weighted by molar-refractivity contribution is 5.83. The monoisotopic (exact) mass is 244 g/mol. The van der Waals surface area contributed by atoms with Crippen LogP contribution in [0.5, 0.6) is 0 Å². The van der Waals surface area contributed by atoms with Crippen LogP contribution in [0.2, 0.25) is 0 Å². The summed E-state index contributed by atoms with van der Waals surface area (Å²) in [6.45, 7) is 8.38. The lowest BCUT2D eigenvalue weighted by atomic mass is 10.0. The molecule has 0 rings (SSSR count). The van der Waals surface area contributed by atoms with Gasteiger partial charge in [-0.3, -0.25) is 4.79 Å². The lowest BCUT2D eigenvalue weighted by Gasteiger charge is -2.19. The lowest BCUT2D eigenvalue weighted by Crippen LogP contribution is -2.46. The molecule has 0 heterocycles. The third-order valence-electron chi connectivity index (χ3n) is 2.48. The Morgan fingerprint density at radius 2 is 1.82 bits per heavy atom. The lowest BCUT2D eigenvalue weighted by molar-refractivity contribution is -0.143. The quantitative estimate of drug-likeness (QED) is 0.595. The Morgan fingerprint density at radius 1 is 1.24 bits per heavy atom. The van der Waals surface area contributed by atoms with E-state index in [0.717, 1.165) is 13.0 Å². The molecular weight excluding hydrogens is 220 g/mol. The van der Waals surface area contributed by atoms with E-state index in [0.29, 0.717) is 6.42 Å². The first-order valence-corrected chi connectivity index (χ1v) is 6.14. The van der Waals surface area contributed by atoms with Gasteiger partial charge in [0.25, 0.3) is 0 Å². The van der Waals surface area contributed by atoms with Gasteiger partial charge in [0.2, 0.25) is 5.91 Å². The minimum absolute atomic E-state index is 0.0663. The number of hydrogen-bond acceptors (Lipinski definition) is 3. The fraction of sp³-hybridized carbons (Fsp3) is 0.833. The maximum absolute atomic E-state index is 11.6. The molecule has 0 spiro atoms. The van der Waals surface area contributed by atoms with E-state index in [9.17, 15) is 9.59 Å². The molecule has 0 aliphatic carbocycles. The highest BCUT2D eigenvalue weighted by Gasteiger charge is 2.23. The number of rotatable bonds is 8. The molecule has 17 heavy (non-hydrogen) atoms. The van der Waals surface area contributed by atoms with Gasteiger partial charge in [0.05, 0.1) is 0 Å². The van der Waals surface area contributed by atoms with Gasteiger partial charge in [0, 0.05) is 12.5 Å². The molecule has 5 nitrogen and oxygen atoms in total. The third kappa shape index (κ3) is 6.94. The van der Waals surface area contributed by atoms with Crippen LogP contribution >= 0.6 is 0 Å². The van der Waals surface area contributed by atoms with Crippen molar-refractivity contribution in [1.29, 1.82) is 0 Å². The van der Waals surface area contributed by atoms with Crippen molar-refractivity contribution in [3.63, 3.8) is 0 Å². The Balaban J connectivity index is 4.10. The minimum Gasteiger partial charge on any atom is -0.480 e. The summed E-state index contributed by atoms with van der Waals surface area (Å²) in [5.74, 6) is -1.32. The number of hydrogen-bond donors (Lipinski definition) is 3. The van der Waals surface area contributed by atoms with Crippen LogP contribution in [0.25, 0.3) is 0 Å². The molecule has 1 amide bonds. The normalized spacial score (nSPS) is 14.4. The molecule has 0 aliphatic rings.